The van der Waals surface area contributed by atoms with Crippen LogP contribution in [0.5, 0.6) is 0 Å². The third-order valence-corrected chi connectivity index (χ3v) is 5.56. The second kappa shape index (κ2) is 7.55. The Hall–Kier alpha value is -1.24. The summed E-state index contributed by atoms with van der Waals surface area (Å²) in [5.41, 5.74) is 2.04. The van der Waals surface area contributed by atoms with Crippen molar-refractivity contribution >= 4 is 33.2 Å². The fourth-order valence-electron chi connectivity index (χ4n) is 2.76. The molecule has 0 bridgehead atoms. The van der Waals surface area contributed by atoms with Crippen molar-refractivity contribution in [1.29, 1.82) is 0 Å². The van der Waals surface area contributed by atoms with Crippen molar-refractivity contribution < 1.29 is 4.79 Å². The van der Waals surface area contributed by atoms with E-state index in [-0.39, 0.29) is 11.9 Å². The summed E-state index contributed by atoms with van der Waals surface area (Å²) < 4.78 is 1.05. The van der Waals surface area contributed by atoms with Crippen molar-refractivity contribution in [3.05, 3.63) is 39.1 Å². The Labute approximate surface area is 148 Å². The molecule has 2 aromatic rings. The fraction of sp³-hybridized carbons (Fsp3) is 0.412. The fourth-order valence-corrected chi connectivity index (χ4v) is 3.86. The average Bonchev–Trinajstić information content (AvgIpc) is 3.19. The lowest BCUT2D eigenvalue weighted by Gasteiger charge is -2.14. The van der Waals surface area contributed by atoms with Crippen LogP contribution in [0.15, 0.2) is 34.1 Å². The van der Waals surface area contributed by atoms with Gasteiger partial charge < -0.3 is 10.6 Å². The van der Waals surface area contributed by atoms with Gasteiger partial charge in [-0.05, 0) is 38.4 Å². The maximum Gasteiger partial charge on any atom is 0.222 e. The highest BCUT2D eigenvalue weighted by atomic mass is 79.9. The van der Waals surface area contributed by atoms with E-state index in [2.05, 4.69) is 31.5 Å². The minimum atomic E-state index is -0.0573. The van der Waals surface area contributed by atoms with Crippen molar-refractivity contribution in [3.8, 4) is 11.3 Å². The van der Waals surface area contributed by atoms with Gasteiger partial charge in [-0.2, -0.15) is 0 Å². The van der Waals surface area contributed by atoms with Crippen LogP contribution in [0.2, 0.25) is 0 Å². The minimum absolute atomic E-state index is 0.0573. The molecule has 1 aliphatic heterocycles. The molecule has 0 saturated carbocycles. The second-order valence-corrected chi connectivity index (χ2v) is 7.67. The number of thiazole rings is 1. The van der Waals surface area contributed by atoms with Gasteiger partial charge in [-0.1, -0.05) is 28.1 Å². The summed E-state index contributed by atoms with van der Waals surface area (Å²) in [6.45, 7) is 3.01. The number of amides is 1. The molecule has 6 heteroatoms. The van der Waals surface area contributed by atoms with E-state index in [1.807, 2.05) is 36.6 Å². The van der Waals surface area contributed by atoms with Gasteiger partial charge in [-0.15, -0.1) is 11.3 Å². The Balaban J connectivity index is 1.60. The second-order valence-electron chi connectivity index (χ2n) is 5.86. The first-order valence-electron chi connectivity index (χ1n) is 7.86. The SMILES string of the molecule is CC(NC(=O)CC1CCCN1)c1nc(-c2ccc(Br)cc2)cs1. The van der Waals surface area contributed by atoms with Crippen LogP contribution in [0.3, 0.4) is 0 Å². The van der Waals surface area contributed by atoms with Crippen molar-refractivity contribution in [1.82, 2.24) is 15.6 Å². The van der Waals surface area contributed by atoms with E-state index in [0.29, 0.717) is 12.5 Å². The lowest BCUT2D eigenvalue weighted by atomic mass is 10.1. The molecule has 4 nitrogen and oxygen atoms in total. The summed E-state index contributed by atoms with van der Waals surface area (Å²) in [6, 6.07) is 8.37. The van der Waals surface area contributed by atoms with Gasteiger partial charge in [0.25, 0.3) is 0 Å². The van der Waals surface area contributed by atoms with Crippen molar-refractivity contribution in [2.45, 2.75) is 38.3 Å². The van der Waals surface area contributed by atoms with Crippen molar-refractivity contribution in [2.75, 3.05) is 6.54 Å². The van der Waals surface area contributed by atoms with E-state index < -0.39 is 0 Å². The maximum atomic E-state index is 12.1. The molecule has 122 valence electrons. The quantitative estimate of drug-likeness (QED) is 0.809. The van der Waals surface area contributed by atoms with E-state index in [1.165, 1.54) is 0 Å². The smallest absolute Gasteiger partial charge is 0.222 e. The van der Waals surface area contributed by atoms with Gasteiger partial charge in [0.15, 0.2) is 0 Å². The number of rotatable bonds is 5. The highest BCUT2D eigenvalue weighted by molar-refractivity contribution is 9.10. The number of carbonyl (C=O) groups excluding carboxylic acids is 1. The first-order valence-corrected chi connectivity index (χ1v) is 9.53. The van der Waals surface area contributed by atoms with Crippen LogP contribution in [0.4, 0.5) is 0 Å². The van der Waals surface area contributed by atoms with E-state index in [4.69, 9.17) is 0 Å². The topological polar surface area (TPSA) is 54.0 Å². The molecular formula is C17H20BrN3OS. The van der Waals surface area contributed by atoms with Gasteiger partial charge in [0.05, 0.1) is 11.7 Å². The Morgan fingerprint density at radius 1 is 1.48 bits per heavy atom. The first-order chi connectivity index (χ1) is 11.1. The zero-order chi connectivity index (χ0) is 16.2. The summed E-state index contributed by atoms with van der Waals surface area (Å²) in [4.78, 5) is 16.8. The number of halogens is 1. The first kappa shape index (κ1) is 16.6. The third kappa shape index (κ3) is 4.40. The lowest BCUT2D eigenvalue weighted by Crippen LogP contribution is -2.33. The summed E-state index contributed by atoms with van der Waals surface area (Å²) in [5, 5.41) is 9.39. The molecule has 2 N–H and O–H groups in total. The number of carbonyl (C=O) groups is 1. The molecule has 1 amide bonds. The number of nitrogens with one attached hydrogen (secondary N) is 2. The monoisotopic (exact) mass is 393 g/mol. The molecule has 2 atom stereocenters. The third-order valence-electron chi connectivity index (χ3n) is 4.00. The van der Waals surface area contributed by atoms with Crippen molar-refractivity contribution in [2.24, 2.45) is 0 Å². The van der Waals surface area contributed by atoms with Crippen LogP contribution >= 0.6 is 27.3 Å². The maximum absolute atomic E-state index is 12.1. The lowest BCUT2D eigenvalue weighted by molar-refractivity contribution is -0.122. The van der Waals surface area contributed by atoms with Crippen molar-refractivity contribution in [3.63, 3.8) is 0 Å². The molecule has 1 fully saturated rings. The predicted molar refractivity (Wildman–Crippen MR) is 97.4 cm³/mol. The Bertz CT molecular complexity index is 665. The Morgan fingerprint density at radius 2 is 2.26 bits per heavy atom. The molecule has 1 aromatic carbocycles. The van der Waals surface area contributed by atoms with Gasteiger partial charge in [-0.3, -0.25) is 4.79 Å². The van der Waals surface area contributed by atoms with E-state index in [1.54, 1.807) is 11.3 Å². The van der Waals surface area contributed by atoms with E-state index in [0.717, 1.165) is 40.1 Å². The van der Waals surface area contributed by atoms with Gasteiger partial charge in [0.1, 0.15) is 5.01 Å². The highest BCUT2D eigenvalue weighted by Gasteiger charge is 2.20. The van der Waals surface area contributed by atoms with Crippen LogP contribution in [0, 0.1) is 0 Å². The van der Waals surface area contributed by atoms with E-state index in [9.17, 15) is 4.79 Å². The zero-order valence-electron chi connectivity index (χ0n) is 13.0. The summed E-state index contributed by atoms with van der Waals surface area (Å²) in [5.74, 6) is 0.0947. The van der Waals surface area contributed by atoms with Gasteiger partial charge in [0, 0.05) is 27.9 Å². The number of nitrogens with zero attached hydrogens (tertiary/aromatic N) is 1. The molecule has 1 aliphatic rings. The molecule has 3 rings (SSSR count). The van der Waals surface area contributed by atoms with Crippen LogP contribution in [-0.4, -0.2) is 23.5 Å². The Kier molecular flexibility index (Phi) is 5.46. The molecule has 0 aliphatic carbocycles. The van der Waals surface area contributed by atoms with Crippen LogP contribution in [0.1, 0.15) is 37.2 Å². The van der Waals surface area contributed by atoms with E-state index >= 15 is 0 Å². The molecule has 2 unspecified atom stereocenters. The largest absolute Gasteiger partial charge is 0.347 e. The predicted octanol–water partition coefficient (Wildman–Crippen LogP) is 3.89. The molecule has 1 aromatic heterocycles. The molecular weight excluding hydrogens is 374 g/mol. The number of hydrogen-bond donors (Lipinski definition) is 2. The molecule has 1 saturated heterocycles. The molecule has 2 heterocycles. The number of hydrogen-bond acceptors (Lipinski definition) is 4. The molecule has 0 spiro atoms. The van der Waals surface area contributed by atoms with Gasteiger partial charge >= 0.3 is 0 Å². The zero-order valence-corrected chi connectivity index (χ0v) is 15.4. The summed E-state index contributed by atoms with van der Waals surface area (Å²) >= 11 is 5.03. The Morgan fingerprint density at radius 3 is 2.96 bits per heavy atom. The number of aromatic nitrogens is 1. The minimum Gasteiger partial charge on any atom is -0.347 e. The van der Waals surface area contributed by atoms with Crippen LogP contribution in [0.25, 0.3) is 11.3 Å². The standard InChI is InChI=1S/C17H20BrN3OS/c1-11(20-16(22)9-14-3-2-8-19-14)17-21-15(10-23-17)12-4-6-13(18)7-5-12/h4-7,10-11,14,19H,2-3,8-9H2,1H3,(H,20,22). The van der Waals surface area contributed by atoms with Crippen LogP contribution in [-0.2, 0) is 4.79 Å². The van der Waals surface area contributed by atoms with Gasteiger partial charge in [-0.25, -0.2) is 4.98 Å². The highest BCUT2D eigenvalue weighted by Crippen LogP contribution is 2.26. The normalized spacial score (nSPS) is 18.8. The molecule has 0 radical (unpaired) electrons. The average molecular weight is 394 g/mol. The summed E-state index contributed by atoms with van der Waals surface area (Å²) in [7, 11) is 0. The number of benzene rings is 1. The summed E-state index contributed by atoms with van der Waals surface area (Å²) in [6.07, 6.45) is 2.80. The molecule has 23 heavy (non-hydrogen) atoms. The van der Waals surface area contributed by atoms with Gasteiger partial charge in [0.2, 0.25) is 5.91 Å². The van der Waals surface area contributed by atoms with Crippen LogP contribution < -0.4 is 10.6 Å².